The molecule has 0 unspecified atom stereocenters. The van der Waals surface area contributed by atoms with E-state index in [1.165, 1.54) is 12.0 Å². The molecule has 1 saturated carbocycles. The van der Waals surface area contributed by atoms with Crippen LogP contribution < -0.4 is 5.32 Å². The van der Waals surface area contributed by atoms with Crippen LogP contribution in [0.2, 0.25) is 0 Å². The molecule has 0 spiro atoms. The second-order valence-electron chi connectivity index (χ2n) is 7.20. The molecule has 0 aromatic heterocycles. The smallest absolute Gasteiger partial charge is 0.251 e. The molecule has 22 heavy (non-hydrogen) atoms. The predicted molar refractivity (Wildman–Crippen MR) is 86.7 cm³/mol. The molecule has 4 heteroatoms. The number of benzene rings is 1. The Kier molecular flexibility index (Phi) is 4.00. The van der Waals surface area contributed by atoms with Crippen LogP contribution in [0.4, 0.5) is 0 Å². The highest BCUT2D eigenvalue weighted by atomic mass is 16.5. The summed E-state index contributed by atoms with van der Waals surface area (Å²) in [5, 5.41) is 2.65. The third-order valence-corrected chi connectivity index (χ3v) is 5.39. The second kappa shape index (κ2) is 5.67. The molecule has 1 aliphatic carbocycles. The van der Waals surface area contributed by atoms with Crippen LogP contribution in [-0.4, -0.2) is 43.7 Å². The fourth-order valence-corrected chi connectivity index (χ4v) is 4.48. The maximum absolute atomic E-state index is 11.6. The molecule has 1 saturated heterocycles. The standard InChI is InChI=1S/C18H26N2O2/c1-18(2)15(14-9-10-22-16(14)18)20(4)11-12-5-7-13(8-6-12)17(21)19-3/h5-8,14-16H,9-11H2,1-4H3,(H,19,21)/t14-,15+,16-/m0/s1. The third kappa shape index (κ3) is 2.44. The van der Waals surface area contributed by atoms with E-state index in [9.17, 15) is 4.79 Å². The van der Waals surface area contributed by atoms with E-state index >= 15 is 0 Å². The number of nitrogens with zero attached hydrogens (tertiary/aromatic N) is 1. The summed E-state index contributed by atoms with van der Waals surface area (Å²) in [4.78, 5) is 14.0. The lowest BCUT2D eigenvalue weighted by atomic mass is 9.57. The van der Waals surface area contributed by atoms with Gasteiger partial charge in [-0.1, -0.05) is 26.0 Å². The van der Waals surface area contributed by atoms with Gasteiger partial charge in [-0.15, -0.1) is 0 Å². The molecule has 1 heterocycles. The first-order valence-electron chi connectivity index (χ1n) is 8.08. The second-order valence-corrected chi connectivity index (χ2v) is 7.20. The summed E-state index contributed by atoms with van der Waals surface area (Å²) < 4.78 is 5.88. The Hall–Kier alpha value is -1.39. The van der Waals surface area contributed by atoms with Crippen molar-refractivity contribution in [3.8, 4) is 0 Å². The minimum Gasteiger partial charge on any atom is -0.377 e. The van der Waals surface area contributed by atoms with E-state index in [1.54, 1.807) is 7.05 Å². The van der Waals surface area contributed by atoms with Crippen LogP contribution in [-0.2, 0) is 11.3 Å². The average molecular weight is 302 g/mol. The molecule has 1 aromatic rings. The van der Waals surface area contributed by atoms with E-state index in [0.717, 1.165) is 13.2 Å². The Bertz CT molecular complexity index is 553. The van der Waals surface area contributed by atoms with Gasteiger partial charge in [0.25, 0.3) is 5.91 Å². The average Bonchev–Trinajstić information content (AvgIpc) is 2.93. The number of amides is 1. The van der Waals surface area contributed by atoms with Gasteiger partial charge in [-0.25, -0.2) is 0 Å². The minimum atomic E-state index is -0.0361. The van der Waals surface area contributed by atoms with Gasteiger partial charge in [-0.3, -0.25) is 9.69 Å². The Morgan fingerprint density at radius 3 is 2.68 bits per heavy atom. The van der Waals surface area contributed by atoms with Gasteiger partial charge in [0.15, 0.2) is 0 Å². The van der Waals surface area contributed by atoms with E-state index in [2.05, 4.69) is 43.2 Å². The zero-order valence-corrected chi connectivity index (χ0v) is 13.9. The summed E-state index contributed by atoms with van der Waals surface area (Å²) in [6.45, 7) is 6.44. The summed E-state index contributed by atoms with van der Waals surface area (Å²) in [6.07, 6.45) is 1.61. The summed E-state index contributed by atoms with van der Waals surface area (Å²) >= 11 is 0. The number of hydrogen-bond acceptors (Lipinski definition) is 3. The van der Waals surface area contributed by atoms with Crippen LogP contribution in [0.5, 0.6) is 0 Å². The van der Waals surface area contributed by atoms with Gasteiger partial charge in [0.1, 0.15) is 0 Å². The molecular formula is C18H26N2O2. The molecule has 3 atom stereocenters. The Morgan fingerprint density at radius 2 is 2.05 bits per heavy atom. The molecule has 1 aromatic carbocycles. The Balaban J connectivity index is 1.67. The highest BCUT2D eigenvalue weighted by Crippen LogP contribution is 2.54. The number of carbonyl (C=O) groups is 1. The number of ether oxygens (including phenoxy) is 1. The van der Waals surface area contributed by atoms with Crippen molar-refractivity contribution in [2.24, 2.45) is 11.3 Å². The molecule has 1 aliphatic heterocycles. The number of nitrogens with one attached hydrogen (secondary N) is 1. The van der Waals surface area contributed by atoms with Crippen molar-refractivity contribution in [2.75, 3.05) is 20.7 Å². The van der Waals surface area contributed by atoms with Gasteiger partial charge in [0.05, 0.1) is 6.10 Å². The van der Waals surface area contributed by atoms with E-state index in [1.807, 2.05) is 12.1 Å². The van der Waals surface area contributed by atoms with Crippen molar-refractivity contribution in [1.82, 2.24) is 10.2 Å². The molecule has 3 rings (SSSR count). The molecule has 0 radical (unpaired) electrons. The van der Waals surface area contributed by atoms with Crippen LogP contribution in [0.3, 0.4) is 0 Å². The van der Waals surface area contributed by atoms with E-state index < -0.39 is 0 Å². The molecule has 0 bridgehead atoms. The van der Waals surface area contributed by atoms with E-state index in [-0.39, 0.29) is 11.3 Å². The molecular weight excluding hydrogens is 276 g/mol. The van der Waals surface area contributed by atoms with Gasteiger partial charge < -0.3 is 10.1 Å². The normalized spacial score (nSPS) is 29.0. The Labute approximate surface area is 132 Å². The highest BCUT2D eigenvalue weighted by molar-refractivity contribution is 5.93. The van der Waals surface area contributed by atoms with Crippen LogP contribution in [0, 0.1) is 11.3 Å². The third-order valence-electron chi connectivity index (χ3n) is 5.39. The topological polar surface area (TPSA) is 41.6 Å². The van der Waals surface area contributed by atoms with E-state index in [4.69, 9.17) is 4.74 Å². The number of fused-ring (bicyclic) bond motifs is 1. The first-order valence-corrected chi connectivity index (χ1v) is 8.08. The molecule has 2 fully saturated rings. The van der Waals surface area contributed by atoms with Crippen molar-refractivity contribution in [1.29, 1.82) is 0 Å². The van der Waals surface area contributed by atoms with Crippen LogP contribution in [0.1, 0.15) is 36.2 Å². The number of rotatable bonds is 4. The van der Waals surface area contributed by atoms with Gasteiger partial charge >= 0.3 is 0 Å². The zero-order valence-electron chi connectivity index (χ0n) is 13.9. The lowest BCUT2D eigenvalue weighted by Gasteiger charge is -2.58. The van der Waals surface area contributed by atoms with Crippen LogP contribution in [0.25, 0.3) is 0 Å². The predicted octanol–water partition coefficient (Wildman–Crippen LogP) is 2.29. The van der Waals surface area contributed by atoms with Gasteiger partial charge in [-0.2, -0.15) is 0 Å². The van der Waals surface area contributed by atoms with Crippen molar-refractivity contribution in [3.63, 3.8) is 0 Å². The maximum atomic E-state index is 11.6. The lowest BCUT2D eigenvalue weighted by Crippen LogP contribution is -2.65. The summed E-state index contributed by atoms with van der Waals surface area (Å²) in [5.41, 5.74) is 2.17. The van der Waals surface area contributed by atoms with Crippen molar-refractivity contribution < 1.29 is 9.53 Å². The number of carbonyl (C=O) groups excluding carboxylic acids is 1. The largest absolute Gasteiger partial charge is 0.377 e. The fourth-order valence-electron chi connectivity index (χ4n) is 4.48. The van der Waals surface area contributed by atoms with Gasteiger partial charge in [0, 0.05) is 43.1 Å². The summed E-state index contributed by atoms with van der Waals surface area (Å²) in [7, 11) is 3.86. The SMILES string of the molecule is CNC(=O)c1ccc(CN(C)[C@@H]2[C@@H]3CCO[C@@H]3C2(C)C)cc1. The van der Waals surface area contributed by atoms with Crippen molar-refractivity contribution >= 4 is 5.91 Å². The maximum Gasteiger partial charge on any atom is 0.251 e. The Morgan fingerprint density at radius 1 is 1.36 bits per heavy atom. The first kappa shape index (κ1) is 15.5. The first-order chi connectivity index (χ1) is 10.4. The van der Waals surface area contributed by atoms with Crippen molar-refractivity contribution in [2.45, 2.75) is 39.0 Å². The van der Waals surface area contributed by atoms with E-state index in [0.29, 0.717) is 23.6 Å². The fraction of sp³-hybridized carbons (Fsp3) is 0.611. The highest BCUT2D eigenvalue weighted by Gasteiger charge is 2.60. The van der Waals surface area contributed by atoms with Crippen LogP contribution >= 0.6 is 0 Å². The molecule has 1 N–H and O–H groups in total. The van der Waals surface area contributed by atoms with Gasteiger partial charge in [-0.05, 0) is 31.2 Å². The monoisotopic (exact) mass is 302 g/mol. The molecule has 120 valence electrons. The molecule has 2 aliphatic rings. The van der Waals surface area contributed by atoms with Gasteiger partial charge in [0.2, 0.25) is 0 Å². The quantitative estimate of drug-likeness (QED) is 0.928. The number of hydrogen-bond donors (Lipinski definition) is 1. The molecule has 4 nitrogen and oxygen atoms in total. The van der Waals surface area contributed by atoms with Crippen LogP contribution in [0.15, 0.2) is 24.3 Å². The molecule has 1 amide bonds. The minimum absolute atomic E-state index is 0.0361. The summed E-state index contributed by atoms with van der Waals surface area (Å²) in [6, 6.07) is 8.47. The zero-order chi connectivity index (χ0) is 15.9. The van der Waals surface area contributed by atoms with Crippen molar-refractivity contribution in [3.05, 3.63) is 35.4 Å². The summed E-state index contributed by atoms with van der Waals surface area (Å²) in [5.74, 6) is 0.635. The lowest BCUT2D eigenvalue weighted by molar-refractivity contribution is -0.151.